The van der Waals surface area contributed by atoms with Crippen molar-refractivity contribution in [1.29, 1.82) is 0 Å². The molecule has 0 aromatic heterocycles. The molecule has 12 heavy (non-hydrogen) atoms. The van der Waals surface area contributed by atoms with Crippen molar-refractivity contribution in [2.45, 2.75) is 6.10 Å². The van der Waals surface area contributed by atoms with Gasteiger partial charge in [0.1, 0.15) is 12.7 Å². The van der Waals surface area contributed by atoms with Crippen LogP contribution in [0.5, 0.6) is 0 Å². The molecule has 1 aliphatic rings. The van der Waals surface area contributed by atoms with Gasteiger partial charge in [0.05, 0.1) is 6.61 Å². The Balaban J connectivity index is 2.18. The van der Waals surface area contributed by atoms with Gasteiger partial charge in [0.15, 0.2) is 0 Å². The van der Waals surface area contributed by atoms with Crippen LogP contribution in [0, 0.1) is 0 Å². The number of hydrogen-bond donors (Lipinski definition) is 1. The molecular weight excluding hydrogens is 160 g/mol. The Hall–Kier alpha value is -0.810. The first-order valence-electron chi connectivity index (χ1n) is 3.91. The summed E-state index contributed by atoms with van der Waals surface area (Å²) in [6, 6.07) is 0. The number of rotatable bonds is 2. The molecule has 1 unspecified atom stereocenters. The lowest BCUT2D eigenvalue weighted by Gasteiger charge is -2.29. The lowest BCUT2D eigenvalue weighted by molar-refractivity contribution is -0.0475. The van der Waals surface area contributed by atoms with E-state index in [4.69, 9.17) is 10.5 Å². The smallest absolute Gasteiger partial charge is 0.404 e. The highest BCUT2D eigenvalue weighted by Gasteiger charge is 2.18. The number of nitrogens with two attached hydrogens (primary N) is 1. The van der Waals surface area contributed by atoms with Crippen LogP contribution in [0.15, 0.2) is 0 Å². The molecule has 0 spiro atoms. The first kappa shape index (κ1) is 9.28. The summed E-state index contributed by atoms with van der Waals surface area (Å²) in [5.41, 5.74) is 4.81. The van der Waals surface area contributed by atoms with Crippen molar-refractivity contribution in [3.63, 3.8) is 0 Å². The van der Waals surface area contributed by atoms with Crippen molar-refractivity contribution in [2.24, 2.45) is 5.73 Å². The second-order valence-electron chi connectivity index (χ2n) is 2.89. The molecule has 70 valence electrons. The summed E-state index contributed by atoms with van der Waals surface area (Å²) in [4.78, 5) is 12.4. The topological polar surface area (TPSA) is 64.8 Å². The highest BCUT2D eigenvalue weighted by Crippen LogP contribution is 2.02. The molecule has 0 radical (unpaired) electrons. The van der Waals surface area contributed by atoms with Gasteiger partial charge >= 0.3 is 6.09 Å². The van der Waals surface area contributed by atoms with Crippen LogP contribution in [0.2, 0.25) is 0 Å². The van der Waals surface area contributed by atoms with E-state index in [1.165, 1.54) is 0 Å². The number of ether oxygens (including phenoxy) is 2. The summed E-state index contributed by atoms with van der Waals surface area (Å²) in [7, 11) is 2.00. The van der Waals surface area contributed by atoms with Crippen LogP contribution in [0.4, 0.5) is 4.79 Å². The van der Waals surface area contributed by atoms with Crippen LogP contribution < -0.4 is 5.73 Å². The molecule has 1 saturated heterocycles. The Morgan fingerprint density at radius 1 is 1.83 bits per heavy atom. The fourth-order valence-electron chi connectivity index (χ4n) is 1.14. The number of carbonyl (C=O) groups excluding carboxylic acids is 1. The number of morpholine rings is 1. The van der Waals surface area contributed by atoms with E-state index in [0.717, 1.165) is 13.1 Å². The summed E-state index contributed by atoms with van der Waals surface area (Å²) in [6.07, 6.45) is -0.775. The maximum Gasteiger partial charge on any atom is 0.404 e. The fourth-order valence-corrected chi connectivity index (χ4v) is 1.14. The zero-order valence-electron chi connectivity index (χ0n) is 7.16. The minimum Gasteiger partial charge on any atom is -0.447 e. The van der Waals surface area contributed by atoms with Gasteiger partial charge in [-0.1, -0.05) is 0 Å². The number of hydrogen-bond acceptors (Lipinski definition) is 4. The first-order valence-corrected chi connectivity index (χ1v) is 3.91. The van der Waals surface area contributed by atoms with Gasteiger partial charge in [-0.3, -0.25) is 0 Å². The maximum atomic E-state index is 10.3. The van der Waals surface area contributed by atoms with E-state index in [9.17, 15) is 4.79 Å². The summed E-state index contributed by atoms with van der Waals surface area (Å²) in [5, 5.41) is 0. The molecule has 5 nitrogen and oxygen atoms in total. The SMILES string of the molecule is CN1CCOC(COC(N)=O)C1. The van der Waals surface area contributed by atoms with Crippen molar-refractivity contribution < 1.29 is 14.3 Å². The highest BCUT2D eigenvalue weighted by molar-refractivity contribution is 5.64. The Morgan fingerprint density at radius 2 is 2.58 bits per heavy atom. The molecule has 0 aromatic carbocycles. The standard InChI is InChI=1S/C7H14N2O3/c1-9-2-3-11-6(4-9)5-12-7(8)10/h6H,2-5H2,1H3,(H2,8,10). The molecule has 1 heterocycles. The second kappa shape index (κ2) is 4.27. The van der Waals surface area contributed by atoms with Crippen molar-refractivity contribution in [3.05, 3.63) is 0 Å². The van der Waals surface area contributed by atoms with E-state index in [1.54, 1.807) is 0 Å². The normalized spacial score (nSPS) is 25.2. The van der Waals surface area contributed by atoms with Crippen molar-refractivity contribution in [2.75, 3.05) is 33.4 Å². The maximum absolute atomic E-state index is 10.3. The van der Waals surface area contributed by atoms with Gasteiger partial charge in [0.25, 0.3) is 0 Å². The minimum absolute atomic E-state index is 0.0313. The zero-order valence-corrected chi connectivity index (χ0v) is 7.16. The lowest BCUT2D eigenvalue weighted by Crippen LogP contribution is -2.42. The van der Waals surface area contributed by atoms with Gasteiger partial charge in [-0.15, -0.1) is 0 Å². The predicted molar refractivity (Wildman–Crippen MR) is 42.8 cm³/mol. The van der Waals surface area contributed by atoms with Crippen LogP contribution in [0.25, 0.3) is 0 Å². The minimum atomic E-state index is -0.744. The van der Waals surface area contributed by atoms with Crippen LogP contribution >= 0.6 is 0 Å². The summed E-state index contributed by atoms with van der Waals surface area (Å²) >= 11 is 0. The largest absolute Gasteiger partial charge is 0.447 e. The third-order valence-electron chi connectivity index (χ3n) is 1.75. The summed E-state index contributed by atoms with van der Waals surface area (Å²) in [6.45, 7) is 2.64. The first-order chi connectivity index (χ1) is 5.68. The van der Waals surface area contributed by atoms with Crippen molar-refractivity contribution in [3.8, 4) is 0 Å². The van der Waals surface area contributed by atoms with Gasteiger partial charge in [0, 0.05) is 13.1 Å². The molecule has 0 bridgehead atoms. The Bertz CT molecular complexity index is 163. The van der Waals surface area contributed by atoms with Crippen molar-refractivity contribution >= 4 is 6.09 Å². The summed E-state index contributed by atoms with van der Waals surface area (Å²) in [5.74, 6) is 0. The molecule has 2 N–H and O–H groups in total. The lowest BCUT2D eigenvalue weighted by atomic mass is 10.3. The monoisotopic (exact) mass is 174 g/mol. The third kappa shape index (κ3) is 3.06. The molecule has 0 aromatic rings. The molecule has 0 saturated carbocycles. The molecule has 0 aliphatic carbocycles. The van der Waals surface area contributed by atoms with Gasteiger partial charge in [-0.25, -0.2) is 4.79 Å². The highest BCUT2D eigenvalue weighted by atomic mass is 16.6. The van der Waals surface area contributed by atoms with E-state index in [1.807, 2.05) is 7.05 Å². The average molecular weight is 174 g/mol. The van der Waals surface area contributed by atoms with Gasteiger partial charge < -0.3 is 20.1 Å². The van der Waals surface area contributed by atoms with Crippen LogP contribution in [-0.4, -0.2) is 50.4 Å². The number of likely N-dealkylation sites (N-methyl/N-ethyl adjacent to an activating group) is 1. The molecule has 1 fully saturated rings. The third-order valence-corrected chi connectivity index (χ3v) is 1.75. The zero-order chi connectivity index (χ0) is 8.97. The molecule has 1 rings (SSSR count). The summed E-state index contributed by atoms with van der Waals surface area (Å²) < 4.78 is 9.94. The van der Waals surface area contributed by atoms with E-state index >= 15 is 0 Å². The van der Waals surface area contributed by atoms with Gasteiger partial charge in [-0.2, -0.15) is 0 Å². The molecule has 1 atom stereocenters. The Labute approximate surface area is 71.4 Å². The molecular formula is C7H14N2O3. The van der Waals surface area contributed by atoms with E-state index in [2.05, 4.69) is 9.64 Å². The van der Waals surface area contributed by atoms with Crippen LogP contribution in [-0.2, 0) is 9.47 Å². The van der Waals surface area contributed by atoms with Gasteiger partial charge in [0.2, 0.25) is 0 Å². The van der Waals surface area contributed by atoms with Gasteiger partial charge in [-0.05, 0) is 7.05 Å². The van der Waals surface area contributed by atoms with Crippen molar-refractivity contribution in [1.82, 2.24) is 4.90 Å². The predicted octanol–water partition coefficient (Wildman–Crippen LogP) is -0.588. The molecule has 1 aliphatic heterocycles. The second-order valence-corrected chi connectivity index (χ2v) is 2.89. The van der Waals surface area contributed by atoms with Crippen LogP contribution in [0.1, 0.15) is 0 Å². The molecule has 5 heteroatoms. The quantitative estimate of drug-likeness (QED) is 0.608. The van der Waals surface area contributed by atoms with E-state index in [0.29, 0.717) is 6.61 Å². The van der Waals surface area contributed by atoms with E-state index < -0.39 is 6.09 Å². The number of primary amides is 1. The number of nitrogens with zero attached hydrogens (tertiary/aromatic N) is 1. The van der Waals surface area contributed by atoms with E-state index in [-0.39, 0.29) is 12.7 Å². The average Bonchev–Trinajstić information content (AvgIpc) is 2.01. The van der Waals surface area contributed by atoms with Crippen LogP contribution in [0.3, 0.4) is 0 Å². The molecule has 1 amide bonds. The number of amides is 1. The Morgan fingerprint density at radius 3 is 3.17 bits per heavy atom. The Kier molecular flexibility index (Phi) is 3.31. The number of carbonyl (C=O) groups is 1. The fraction of sp³-hybridized carbons (Fsp3) is 0.857.